The summed E-state index contributed by atoms with van der Waals surface area (Å²) in [7, 11) is 0. The second-order valence-corrected chi connectivity index (χ2v) is 12.1. The molecule has 2 fully saturated rings. The smallest absolute Gasteiger partial charge is 0.262 e. The fourth-order valence-corrected chi connectivity index (χ4v) is 7.28. The van der Waals surface area contributed by atoms with E-state index >= 15 is 0 Å². The Morgan fingerprint density at radius 2 is 1.84 bits per heavy atom. The number of aryl methyl sites for hydroxylation is 1. The second kappa shape index (κ2) is 10.9. The molecule has 1 amide bonds. The van der Waals surface area contributed by atoms with Gasteiger partial charge < -0.3 is 9.87 Å². The Kier molecular flexibility index (Phi) is 7.18. The first kappa shape index (κ1) is 25.1. The van der Waals surface area contributed by atoms with Gasteiger partial charge in [0.15, 0.2) is 5.65 Å². The quantitative estimate of drug-likeness (QED) is 0.363. The highest BCUT2D eigenvalue weighted by Gasteiger charge is 2.35. The van der Waals surface area contributed by atoms with Crippen molar-refractivity contribution in [2.75, 3.05) is 18.4 Å². The molecule has 1 atom stereocenters. The molecule has 38 heavy (non-hydrogen) atoms. The van der Waals surface area contributed by atoms with Crippen molar-refractivity contribution < 1.29 is 9.35 Å². The van der Waals surface area contributed by atoms with Crippen LogP contribution < -0.4 is 5.32 Å². The summed E-state index contributed by atoms with van der Waals surface area (Å²) in [4.78, 5) is 17.6. The minimum absolute atomic E-state index is 0.246. The Morgan fingerprint density at radius 3 is 2.61 bits per heavy atom. The third-order valence-corrected chi connectivity index (χ3v) is 9.65. The van der Waals surface area contributed by atoms with Crippen molar-refractivity contribution in [3.05, 3.63) is 71.8 Å². The number of fused-ring (bicyclic) bond motifs is 1. The summed E-state index contributed by atoms with van der Waals surface area (Å²) >= 11 is -0.895. The van der Waals surface area contributed by atoms with Gasteiger partial charge in [0.05, 0.1) is 17.6 Å². The number of amides is 1. The molecular formula is C28H33N7O2S. The van der Waals surface area contributed by atoms with E-state index in [9.17, 15) is 9.35 Å². The molecule has 4 heterocycles. The summed E-state index contributed by atoms with van der Waals surface area (Å²) in [6.07, 6.45) is 12.6. The Hall–Kier alpha value is -3.21. The maximum atomic E-state index is 13.3. The molecule has 6 rings (SSSR count). The van der Waals surface area contributed by atoms with Crippen LogP contribution in [0.5, 0.6) is 0 Å². The van der Waals surface area contributed by atoms with Crippen molar-refractivity contribution in [3.63, 3.8) is 0 Å². The summed E-state index contributed by atoms with van der Waals surface area (Å²) in [5.41, 5.74) is 3.89. The first-order chi connectivity index (χ1) is 18.6. The molecule has 1 unspecified atom stereocenters. The zero-order valence-electron chi connectivity index (χ0n) is 21.6. The number of nitrogens with one attached hydrogen (secondary N) is 1. The summed E-state index contributed by atoms with van der Waals surface area (Å²) in [6.45, 7) is 3.66. The summed E-state index contributed by atoms with van der Waals surface area (Å²) in [5, 5.41) is 12.6. The molecule has 0 radical (unpaired) electrons. The highest BCUT2D eigenvalue weighted by Crippen LogP contribution is 2.34. The number of carbonyl (C=O) groups is 1. The Labute approximate surface area is 225 Å². The zero-order valence-corrected chi connectivity index (χ0v) is 22.4. The number of aromatic nitrogens is 5. The molecule has 1 aromatic carbocycles. The maximum absolute atomic E-state index is 13.3. The number of piperidine rings is 1. The SMILES string of the molecule is Cc1ccc(-n2nc(C3CCN([S+]([O-])C4CCCCC4)CC3)cc2NC(=O)c2cnn3cccnc23)cc1. The molecule has 9 nitrogen and oxygen atoms in total. The average Bonchev–Trinajstić information content (AvgIpc) is 3.58. The van der Waals surface area contributed by atoms with Gasteiger partial charge in [0.2, 0.25) is 0 Å². The molecule has 1 aliphatic heterocycles. The van der Waals surface area contributed by atoms with Gasteiger partial charge in [0.1, 0.15) is 16.6 Å². The minimum Gasteiger partial charge on any atom is -0.598 e. The van der Waals surface area contributed by atoms with Crippen molar-refractivity contribution in [2.45, 2.75) is 63.0 Å². The topological polar surface area (TPSA) is 103 Å². The van der Waals surface area contributed by atoms with Crippen molar-refractivity contribution >= 4 is 28.7 Å². The third kappa shape index (κ3) is 5.08. The van der Waals surface area contributed by atoms with Gasteiger partial charge in [-0.15, -0.1) is 4.31 Å². The van der Waals surface area contributed by atoms with Crippen LogP contribution in [0.4, 0.5) is 5.82 Å². The molecule has 1 aliphatic carbocycles. The minimum atomic E-state index is -0.895. The lowest BCUT2D eigenvalue weighted by molar-refractivity contribution is 0.102. The van der Waals surface area contributed by atoms with Gasteiger partial charge in [0, 0.05) is 48.8 Å². The van der Waals surface area contributed by atoms with Gasteiger partial charge in [0.25, 0.3) is 5.91 Å². The normalized spacial score (nSPS) is 18.6. The van der Waals surface area contributed by atoms with E-state index in [1.54, 1.807) is 27.7 Å². The first-order valence-electron chi connectivity index (χ1n) is 13.5. The van der Waals surface area contributed by atoms with Crippen LogP contribution in [-0.2, 0) is 11.4 Å². The highest BCUT2D eigenvalue weighted by molar-refractivity contribution is 7.89. The lowest BCUT2D eigenvalue weighted by Crippen LogP contribution is -2.43. The fraction of sp³-hybridized carbons (Fsp3) is 0.429. The van der Waals surface area contributed by atoms with Crippen LogP contribution in [0.3, 0.4) is 0 Å². The van der Waals surface area contributed by atoms with E-state index in [1.807, 2.05) is 37.3 Å². The summed E-state index contributed by atoms with van der Waals surface area (Å²) in [5.74, 6) is 0.573. The lowest BCUT2D eigenvalue weighted by Gasteiger charge is -2.35. The monoisotopic (exact) mass is 531 g/mol. The van der Waals surface area contributed by atoms with Crippen LogP contribution >= 0.6 is 0 Å². The van der Waals surface area contributed by atoms with E-state index in [2.05, 4.69) is 19.7 Å². The van der Waals surface area contributed by atoms with E-state index in [1.165, 1.54) is 25.5 Å². The number of carbonyl (C=O) groups excluding carboxylic acids is 1. The molecule has 4 aromatic rings. The summed E-state index contributed by atoms with van der Waals surface area (Å²) < 4.78 is 18.7. The van der Waals surface area contributed by atoms with E-state index in [0.29, 0.717) is 22.3 Å². The van der Waals surface area contributed by atoms with E-state index < -0.39 is 11.4 Å². The predicted octanol–water partition coefficient (Wildman–Crippen LogP) is 4.65. The molecule has 2 aliphatic rings. The van der Waals surface area contributed by atoms with Crippen molar-refractivity contribution in [2.24, 2.45) is 0 Å². The standard InChI is InChI=1S/C28H33N7O2S/c1-20-8-10-22(11-9-20)35-26(31-28(36)24-19-30-34-15-5-14-29-27(24)34)18-25(32-35)21-12-16-33(17-13-21)38(37)23-6-3-2-4-7-23/h5,8-11,14-15,18-19,21,23H,2-4,6-7,12-13,16-17H2,1H3,(H,31,36). The van der Waals surface area contributed by atoms with Crippen molar-refractivity contribution in [1.29, 1.82) is 0 Å². The number of anilines is 1. The Bertz CT molecular complexity index is 1400. The van der Waals surface area contributed by atoms with Gasteiger partial charge >= 0.3 is 0 Å². The van der Waals surface area contributed by atoms with Crippen molar-refractivity contribution in [3.8, 4) is 5.69 Å². The van der Waals surface area contributed by atoms with Gasteiger partial charge in [-0.1, -0.05) is 24.1 Å². The Balaban J connectivity index is 1.22. The van der Waals surface area contributed by atoms with E-state index in [0.717, 1.165) is 55.7 Å². The molecule has 0 bridgehead atoms. The third-order valence-electron chi connectivity index (χ3n) is 7.74. The van der Waals surface area contributed by atoms with Gasteiger partial charge in [-0.05, 0) is 63.6 Å². The van der Waals surface area contributed by atoms with Crippen LogP contribution in [0.25, 0.3) is 11.3 Å². The van der Waals surface area contributed by atoms with Crippen LogP contribution in [0.1, 0.15) is 72.5 Å². The number of nitrogens with zero attached hydrogens (tertiary/aromatic N) is 6. The average molecular weight is 532 g/mol. The number of hydrogen-bond acceptors (Lipinski definition) is 6. The van der Waals surface area contributed by atoms with Crippen LogP contribution in [0.2, 0.25) is 0 Å². The predicted molar refractivity (Wildman–Crippen MR) is 148 cm³/mol. The highest BCUT2D eigenvalue weighted by atomic mass is 32.2. The van der Waals surface area contributed by atoms with Gasteiger partial charge in [-0.25, -0.2) is 14.2 Å². The fourth-order valence-electron chi connectivity index (χ4n) is 5.55. The van der Waals surface area contributed by atoms with Crippen LogP contribution in [0.15, 0.2) is 55.0 Å². The number of rotatable bonds is 6. The second-order valence-electron chi connectivity index (χ2n) is 10.3. The molecular weight excluding hydrogens is 498 g/mol. The number of hydrogen-bond donors (Lipinski definition) is 1. The molecule has 1 saturated carbocycles. The largest absolute Gasteiger partial charge is 0.598 e. The zero-order chi connectivity index (χ0) is 26.1. The number of benzene rings is 1. The molecule has 1 saturated heterocycles. The first-order valence-corrected chi connectivity index (χ1v) is 14.7. The van der Waals surface area contributed by atoms with Crippen LogP contribution in [-0.4, -0.2) is 57.5 Å². The summed E-state index contributed by atoms with van der Waals surface area (Å²) in [6, 6.07) is 11.8. The van der Waals surface area contributed by atoms with Crippen molar-refractivity contribution in [1.82, 2.24) is 28.7 Å². The van der Waals surface area contributed by atoms with Crippen LogP contribution in [0, 0.1) is 6.92 Å². The van der Waals surface area contributed by atoms with Gasteiger partial charge in [-0.3, -0.25) is 4.79 Å². The van der Waals surface area contributed by atoms with E-state index in [4.69, 9.17) is 5.10 Å². The molecule has 3 aromatic heterocycles. The maximum Gasteiger partial charge on any atom is 0.262 e. The molecule has 198 valence electrons. The van der Waals surface area contributed by atoms with Gasteiger partial charge in [-0.2, -0.15) is 10.2 Å². The molecule has 0 spiro atoms. The molecule has 1 N–H and O–H groups in total. The molecule has 10 heteroatoms. The Morgan fingerprint density at radius 1 is 1.08 bits per heavy atom. The van der Waals surface area contributed by atoms with E-state index in [-0.39, 0.29) is 11.8 Å². The lowest BCUT2D eigenvalue weighted by atomic mass is 9.95.